The Morgan fingerprint density at radius 3 is 2.30 bits per heavy atom. The highest BCUT2D eigenvalue weighted by Gasteiger charge is 2.28. The van der Waals surface area contributed by atoms with E-state index in [9.17, 15) is 14.4 Å². The van der Waals surface area contributed by atoms with Gasteiger partial charge in [0.25, 0.3) is 5.91 Å². The smallest absolute Gasteiger partial charge is 0.252 e. The number of nitrogens with zero attached hydrogens (tertiary/aromatic N) is 1. The molecule has 1 atom stereocenters. The Kier molecular flexibility index (Phi) is 8.17. The van der Waals surface area contributed by atoms with E-state index in [2.05, 4.69) is 26.6 Å². The van der Waals surface area contributed by atoms with Crippen molar-refractivity contribution in [1.29, 1.82) is 0 Å². The van der Waals surface area contributed by atoms with E-state index in [1.807, 2.05) is 52.0 Å². The lowest BCUT2D eigenvalue weighted by Gasteiger charge is -2.27. The number of rotatable bonds is 7. The second-order valence-corrected chi connectivity index (χ2v) is 8.63. The summed E-state index contributed by atoms with van der Waals surface area (Å²) < 4.78 is 0.925. The lowest BCUT2D eigenvalue weighted by atomic mass is 10.0. The Morgan fingerprint density at radius 2 is 1.70 bits per heavy atom. The molecule has 0 saturated heterocycles. The Balaban J connectivity index is 2.04. The van der Waals surface area contributed by atoms with Gasteiger partial charge < -0.3 is 15.5 Å². The third kappa shape index (κ3) is 6.16. The van der Waals surface area contributed by atoms with E-state index < -0.39 is 6.04 Å². The van der Waals surface area contributed by atoms with E-state index in [0.717, 1.165) is 15.6 Å². The summed E-state index contributed by atoms with van der Waals surface area (Å²) in [5.41, 5.74) is 2.97. The largest absolute Gasteiger partial charge is 0.340 e. The molecule has 2 aromatic carbocycles. The first-order chi connectivity index (χ1) is 14.1. The maximum Gasteiger partial charge on any atom is 0.252 e. The van der Waals surface area contributed by atoms with Crippen molar-refractivity contribution >= 4 is 39.3 Å². The lowest BCUT2D eigenvalue weighted by molar-refractivity contribution is -0.135. The average molecular weight is 474 g/mol. The number of hydrogen-bond acceptors (Lipinski definition) is 3. The van der Waals surface area contributed by atoms with Crippen molar-refractivity contribution in [3.05, 3.63) is 63.6 Å². The van der Waals surface area contributed by atoms with Crippen LogP contribution >= 0.6 is 15.9 Å². The Labute approximate surface area is 186 Å². The van der Waals surface area contributed by atoms with Crippen molar-refractivity contribution in [3.8, 4) is 0 Å². The van der Waals surface area contributed by atoms with Crippen LogP contribution in [0.25, 0.3) is 0 Å². The van der Waals surface area contributed by atoms with Crippen molar-refractivity contribution < 1.29 is 14.4 Å². The molecule has 30 heavy (non-hydrogen) atoms. The van der Waals surface area contributed by atoms with Gasteiger partial charge in [0.2, 0.25) is 11.8 Å². The van der Waals surface area contributed by atoms with E-state index in [-0.39, 0.29) is 30.2 Å². The molecule has 0 fully saturated rings. The highest BCUT2D eigenvalue weighted by atomic mass is 79.9. The van der Waals surface area contributed by atoms with Crippen molar-refractivity contribution in [2.24, 2.45) is 5.92 Å². The molecular formula is C23H28BrN3O3. The highest BCUT2D eigenvalue weighted by Crippen LogP contribution is 2.20. The predicted octanol–water partition coefficient (Wildman–Crippen LogP) is 3.92. The second kappa shape index (κ2) is 10.4. The van der Waals surface area contributed by atoms with Gasteiger partial charge in [-0.3, -0.25) is 14.4 Å². The van der Waals surface area contributed by atoms with Crippen LogP contribution in [0, 0.1) is 19.8 Å². The van der Waals surface area contributed by atoms with Gasteiger partial charge >= 0.3 is 0 Å². The standard InChI is InChI=1S/C23H28BrN3O3/c1-14(2)21(26-22(29)18-9-7-6-8-15(18)3)23(30)27(5)13-20(28)25-19-11-10-17(24)12-16(19)4/h6-12,14,21H,13H2,1-5H3,(H,25,28)(H,26,29). The summed E-state index contributed by atoms with van der Waals surface area (Å²) in [6, 6.07) is 12.0. The molecule has 0 aromatic heterocycles. The summed E-state index contributed by atoms with van der Waals surface area (Å²) in [7, 11) is 1.56. The molecule has 0 bridgehead atoms. The number of likely N-dealkylation sites (N-methyl/N-ethyl adjacent to an activating group) is 1. The first-order valence-electron chi connectivity index (χ1n) is 9.77. The molecule has 0 aliphatic carbocycles. The van der Waals surface area contributed by atoms with Gasteiger partial charge in [-0.15, -0.1) is 0 Å². The fourth-order valence-electron chi connectivity index (χ4n) is 3.05. The van der Waals surface area contributed by atoms with Crippen LogP contribution in [0.3, 0.4) is 0 Å². The van der Waals surface area contributed by atoms with Crippen LogP contribution < -0.4 is 10.6 Å². The van der Waals surface area contributed by atoms with Gasteiger partial charge in [0.05, 0.1) is 6.54 Å². The molecule has 0 saturated carbocycles. The molecule has 2 N–H and O–H groups in total. The minimum Gasteiger partial charge on any atom is -0.340 e. The van der Waals surface area contributed by atoms with E-state index in [1.165, 1.54) is 4.90 Å². The zero-order chi connectivity index (χ0) is 22.4. The monoisotopic (exact) mass is 473 g/mol. The molecule has 0 aliphatic rings. The third-order valence-electron chi connectivity index (χ3n) is 4.83. The molecule has 0 radical (unpaired) electrons. The minimum absolute atomic E-state index is 0.113. The van der Waals surface area contributed by atoms with Gasteiger partial charge in [0.15, 0.2) is 0 Å². The number of halogens is 1. The van der Waals surface area contributed by atoms with Crippen molar-refractivity contribution in [3.63, 3.8) is 0 Å². The SMILES string of the molecule is Cc1cc(Br)ccc1NC(=O)CN(C)C(=O)C(NC(=O)c1ccccc1C)C(C)C. The van der Waals surface area contributed by atoms with Crippen LogP contribution in [0.1, 0.15) is 35.3 Å². The Morgan fingerprint density at radius 1 is 1.03 bits per heavy atom. The number of hydrogen-bond donors (Lipinski definition) is 2. The zero-order valence-electron chi connectivity index (χ0n) is 18.0. The average Bonchev–Trinajstić information content (AvgIpc) is 2.67. The van der Waals surface area contributed by atoms with Crippen molar-refractivity contribution in [2.45, 2.75) is 33.7 Å². The molecule has 0 aliphatic heterocycles. The summed E-state index contributed by atoms with van der Waals surface area (Å²) in [4.78, 5) is 39.4. The molecule has 6 nitrogen and oxygen atoms in total. The molecule has 2 rings (SSSR count). The van der Waals surface area contributed by atoms with E-state index in [0.29, 0.717) is 11.3 Å². The Hall–Kier alpha value is -2.67. The maximum atomic E-state index is 13.0. The number of benzene rings is 2. The van der Waals surface area contributed by atoms with E-state index >= 15 is 0 Å². The van der Waals surface area contributed by atoms with Crippen LogP contribution in [-0.4, -0.2) is 42.3 Å². The number of carbonyl (C=O) groups is 3. The molecule has 7 heteroatoms. The number of nitrogens with one attached hydrogen (secondary N) is 2. The van der Waals surface area contributed by atoms with Crippen molar-refractivity contribution in [2.75, 3.05) is 18.9 Å². The van der Waals surface area contributed by atoms with Crippen LogP contribution in [0.4, 0.5) is 5.69 Å². The first kappa shape index (κ1) is 23.6. The van der Waals surface area contributed by atoms with Gasteiger partial charge in [-0.2, -0.15) is 0 Å². The summed E-state index contributed by atoms with van der Waals surface area (Å²) in [5.74, 6) is -1.05. The van der Waals surface area contributed by atoms with Gasteiger partial charge in [0.1, 0.15) is 6.04 Å². The maximum absolute atomic E-state index is 13.0. The molecule has 1 unspecified atom stereocenters. The van der Waals surface area contributed by atoms with E-state index in [4.69, 9.17) is 0 Å². The lowest BCUT2D eigenvalue weighted by Crippen LogP contribution is -2.51. The fraction of sp³-hybridized carbons (Fsp3) is 0.348. The van der Waals surface area contributed by atoms with Crippen LogP contribution in [0.15, 0.2) is 46.9 Å². The molecule has 3 amide bonds. The summed E-state index contributed by atoms with van der Waals surface area (Å²) in [6.07, 6.45) is 0. The molecule has 0 heterocycles. The van der Waals surface area contributed by atoms with Crippen LogP contribution in [-0.2, 0) is 9.59 Å². The minimum atomic E-state index is -0.732. The fourth-order valence-corrected chi connectivity index (χ4v) is 3.52. The van der Waals surface area contributed by atoms with E-state index in [1.54, 1.807) is 25.2 Å². The summed E-state index contributed by atoms with van der Waals surface area (Å²) in [6.45, 7) is 7.35. The summed E-state index contributed by atoms with van der Waals surface area (Å²) >= 11 is 3.39. The van der Waals surface area contributed by atoms with Gasteiger partial charge in [-0.25, -0.2) is 0 Å². The van der Waals surface area contributed by atoms with Gasteiger partial charge in [-0.1, -0.05) is 48.0 Å². The quantitative estimate of drug-likeness (QED) is 0.639. The number of anilines is 1. The first-order valence-corrected chi connectivity index (χ1v) is 10.6. The van der Waals surface area contributed by atoms with Crippen LogP contribution in [0.2, 0.25) is 0 Å². The molecule has 0 spiro atoms. The zero-order valence-corrected chi connectivity index (χ0v) is 19.5. The van der Waals surface area contributed by atoms with Crippen LogP contribution in [0.5, 0.6) is 0 Å². The topological polar surface area (TPSA) is 78.5 Å². The second-order valence-electron chi connectivity index (χ2n) is 7.71. The normalized spacial score (nSPS) is 11.7. The number of carbonyl (C=O) groups excluding carboxylic acids is 3. The molecule has 2 aromatic rings. The summed E-state index contributed by atoms with van der Waals surface area (Å²) in [5, 5.41) is 5.65. The number of aryl methyl sites for hydroxylation is 2. The van der Waals surface area contributed by atoms with Gasteiger partial charge in [0, 0.05) is 22.8 Å². The molecular weight excluding hydrogens is 446 g/mol. The molecule has 160 valence electrons. The highest BCUT2D eigenvalue weighted by molar-refractivity contribution is 9.10. The Bertz CT molecular complexity index is 943. The predicted molar refractivity (Wildman–Crippen MR) is 122 cm³/mol. The third-order valence-corrected chi connectivity index (χ3v) is 5.32. The van der Waals surface area contributed by atoms with Crippen molar-refractivity contribution in [1.82, 2.24) is 10.2 Å². The number of amides is 3. The van der Waals surface area contributed by atoms with Gasteiger partial charge in [-0.05, 0) is 55.2 Å².